The van der Waals surface area contributed by atoms with Crippen LogP contribution in [0.3, 0.4) is 0 Å². The number of carbonyl (C=O) groups is 3. The molecule has 2 aromatic rings. The summed E-state index contributed by atoms with van der Waals surface area (Å²) in [5, 5.41) is 2.64. The standard InChI is InChI=1S/C20H22N2O4/c1-3-17(14-7-5-4-6-8-14)20(25)26-13(2)19(24)22-16-11-9-15(10-12-16)18(21)23/h4-13,17H,3H2,1-2H3,(H2,21,23)(H,22,24). The quantitative estimate of drug-likeness (QED) is 0.747. The molecule has 136 valence electrons. The number of carbonyl (C=O) groups excluding carboxylic acids is 3. The lowest BCUT2D eigenvalue weighted by Gasteiger charge is -2.18. The summed E-state index contributed by atoms with van der Waals surface area (Å²) in [5.41, 5.74) is 6.86. The average molecular weight is 354 g/mol. The molecular weight excluding hydrogens is 332 g/mol. The number of amides is 2. The first-order chi connectivity index (χ1) is 12.4. The molecule has 26 heavy (non-hydrogen) atoms. The van der Waals surface area contributed by atoms with Gasteiger partial charge in [-0.1, -0.05) is 37.3 Å². The molecule has 0 spiro atoms. The maximum atomic E-state index is 12.4. The van der Waals surface area contributed by atoms with Crippen LogP contribution in [-0.4, -0.2) is 23.9 Å². The third-order valence-electron chi connectivity index (χ3n) is 3.99. The van der Waals surface area contributed by atoms with E-state index in [1.807, 2.05) is 37.3 Å². The van der Waals surface area contributed by atoms with Crippen LogP contribution in [0.25, 0.3) is 0 Å². The fraction of sp³-hybridized carbons (Fsp3) is 0.250. The summed E-state index contributed by atoms with van der Waals surface area (Å²) in [6.45, 7) is 3.41. The van der Waals surface area contributed by atoms with Gasteiger partial charge in [-0.05, 0) is 43.2 Å². The molecule has 0 aliphatic rings. The third-order valence-corrected chi connectivity index (χ3v) is 3.99. The molecular formula is C20H22N2O4. The third kappa shape index (κ3) is 4.92. The zero-order valence-electron chi connectivity index (χ0n) is 14.8. The van der Waals surface area contributed by atoms with Gasteiger partial charge in [0.15, 0.2) is 6.10 Å². The molecule has 0 fully saturated rings. The highest BCUT2D eigenvalue weighted by atomic mass is 16.5. The molecule has 0 bridgehead atoms. The Morgan fingerprint density at radius 2 is 1.65 bits per heavy atom. The number of ether oxygens (including phenoxy) is 1. The van der Waals surface area contributed by atoms with Gasteiger partial charge in [-0.15, -0.1) is 0 Å². The van der Waals surface area contributed by atoms with Crippen molar-refractivity contribution in [2.45, 2.75) is 32.3 Å². The molecule has 0 saturated carbocycles. The summed E-state index contributed by atoms with van der Waals surface area (Å²) in [5.74, 6) is -1.85. The van der Waals surface area contributed by atoms with Gasteiger partial charge in [0.1, 0.15) is 0 Å². The van der Waals surface area contributed by atoms with Gasteiger partial charge < -0.3 is 15.8 Å². The van der Waals surface area contributed by atoms with E-state index in [9.17, 15) is 14.4 Å². The van der Waals surface area contributed by atoms with Crippen LogP contribution < -0.4 is 11.1 Å². The van der Waals surface area contributed by atoms with Gasteiger partial charge in [0.25, 0.3) is 5.91 Å². The van der Waals surface area contributed by atoms with E-state index in [-0.39, 0.29) is 0 Å². The second-order valence-corrected chi connectivity index (χ2v) is 5.88. The van der Waals surface area contributed by atoms with E-state index < -0.39 is 29.8 Å². The van der Waals surface area contributed by atoms with Gasteiger partial charge in [-0.2, -0.15) is 0 Å². The van der Waals surface area contributed by atoms with Crippen molar-refractivity contribution in [3.05, 3.63) is 65.7 Å². The first-order valence-corrected chi connectivity index (χ1v) is 8.38. The first-order valence-electron chi connectivity index (χ1n) is 8.38. The zero-order chi connectivity index (χ0) is 19.1. The minimum absolute atomic E-state index is 0.344. The molecule has 0 aliphatic heterocycles. The Bertz CT molecular complexity index is 772. The van der Waals surface area contributed by atoms with Gasteiger partial charge in [-0.25, -0.2) is 0 Å². The normalized spacial score (nSPS) is 12.7. The highest BCUT2D eigenvalue weighted by Gasteiger charge is 2.25. The maximum absolute atomic E-state index is 12.4. The molecule has 2 aromatic carbocycles. The van der Waals surface area contributed by atoms with Crippen molar-refractivity contribution < 1.29 is 19.1 Å². The molecule has 0 radical (unpaired) electrons. The maximum Gasteiger partial charge on any atom is 0.314 e. The number of esters is 1. The molecule has 0 heterocycles. The number of nitrogens with one attached hydrogen (secondary N) is 1. The summed E-state index contributed by atoms with van der Waals surface area (Å²) in [6, 6.07) is 15.5. The molecule has 0 aliphatic carbocycles. The lowest BCUT2D eigenvalue weighted by Crippen LogP contribution is -2.31. The smallest absolute Gasteiger partial charge is 0.314 e. The van der Waals surface area contributed by atoms with Gasteiger partial charge >= 0.3 is 5.97 Å². The predicted octanol–water partition coefficient (Wildman–Crippen LogP) is 2.85. The Labute approximate surface area is 152 Å². The van der Waals surface area contributed by atoms with Crippen LogP contribution in [0, 0.1) is 0 Å². The predicted molar refractivity (Wildman–Crippen MR) is 98.6 cm³/mol. The Balaban J connectivity index is 1.97. The van der Waals surface area contributed by atoms with Gasteiger partial charge in [0.2, 0.25) is 5.91 Å². The van der Waals surface area contributed by atoms with Gasteiger partial charge in [0.05, 0.1) is 5.92 Å². The van der Waals surface area contributed by atoms with E-state index in [4.69, 9.17) is 10.5 Å². The van der Waals surface area contributed by atoms with Crippen LogP contribution >= 0.6 is 0 Å². The van der Waals surface area contributed by atoms with Crippen molar-refractivity contribution >= 4 is 23.5 Å². The minimum atomic E-state index is -0.948. The number of primary amides is 1. The van der Waals surface area contributed by atoms with Crippen LogP contribution in [0.1, 0.15) is 42.1 Å². The lowest BCUT2D eigenvalue weighted by atomic mass is 9.97. The molecule has 2 atom stereocenters. The average Bonchev–Trinajstić information content (AvgIpc) is 2.63. The van der Waals surface area contributed by atoms with E-state index in [0.29, 0.717) is 17.7 Å². The summed E-state index contributed by atoms with van der Waals surface area (Å²) >= 11 is 0. The highest BCUT2D eigenvalue weighted by Crippen LogP contribution is 2.21. The van der Waals surface area contributed by atoms with Crippen LogP contribution in [0.4, 0.5) is 5.69 Å². The molecule has 2 amide bonds. The van der Waals surface area contributed by atoms with E-state index in [0.717, 1.165) is 5.56 Å². The van der Waals surface area contributed by atoms with E-state index in [1.54, 1.807) is 12.1 Å². The van der Waals surface area contributed by atoms with E-state index in [2.05, 4.69) is 5.32 Å². The first kappa shape index (κ1) is 19.2. The summed E-state index contributed by atoms with van der Waals surface area (Å²) in [4.78, 5) is 35.7. The Hall–Kier alpha value is -3.15. The van der Waals surface area contributed by atoms with Crippen LogP contribution in [0.5, 0.6) is 0 Å². The van der Waals surface area contributed by atoms with Crippen molar-refractivity contribution in [3.8, 4) is 0 Å². The molecule has 2 rings (SSSR count). The Morgan fingerprint density at radius 1 is 1.04 bits per heavy atom. The molecule has 6 nitrogen and oxygen atoms in total. The summed E-state index contributed by atoms with van der Waals surface area (Å²) in [7, 11) is 0. The topological polar surface area (TPSA) is 98.5 Å². The van der Waals surface area contributed by atoms with E-state index >= 15 is 0 Å². The second kappa shape index (κ2) is 8.80. The van der Waals surface area contributed by atoms with Crippen molar-refractivity contribution in [2.75, 3.05) is 5.32 Å². The Morgan fingerprint density at radius 3 is 2.19 bits per heavy atom. The number of anilines is 1. The highest BCUT2D eigenvalue weighted by molar-refractivity contribution is 5.97. The number of rotatable bonds is 7. The van der Waals surface area contributed by atoms with Crippen LogP contribution in [-0.2, 0) is 14.3 Å². The molecule has 2 unspecified atom stereocenters. The van der Waals surface area contributed by atoms with Crippen molar-refractivity contribution in [3.63, 3.8) is 0 Å². The number of hydrogen-bond donors (Lipinski definition) is 2. The van der Waals surface area contributed by atoms with Gasteiger partial charge in [0, 0.05) is 11.3 Å². The fourth-order valence-corrected chi connectivity index (χ4v) is 2.50. The summed E-state index contributed by atoms with van der Waals surface area (Å²) in [6.07, 6.45) is -0.373. The number of nitrogens with two attached hydrogens (primary N) is 1. The van der Waals surface area contributed by atoms with Crippen molar-refractivity contribution in [1.29, 1.82) is 0 Å². The lowest BCUT2D eigenvalue weighted by molar-refractivity contribution is -0.154. The molecule has 0 aromatic heterocycles. The molecule has 0 saturated heterocycles. The second-order valence-electron chi connectivity index (χ2n) is 5.88. The van der Waals surface area contributed by atoms with Crippen molar-refractivity contribution in [1.82, 2.24) is 0 Å². The monoisotopic (exact) mass is 354 g/mol. The summed E-state index contributed by atoms with van der Waals surface area (Å²) < 4.78 is 5.33. The van der Waals surface area contributed by atoms with E-state index in [1.165, 1.54) is 19.1 Å². The Kier molecular flexibility index (Phi) is 6.49. The minimum Gasteiger partial charge on any atom is -0.452 e. The van der Waals surface area contributed by atoms with Crippen LogP contribution in [0.2, 0.25) is 0 Å². The molecule has 3 N–H and O–H groups in total. The fourth-order valence-electron chi connectivity index (χ4n) is 2.50. The largest absolute Gasteiger partial charge is 0.452 e. The number of benzene rings is 2. The number of hydrogen-bond acceptors (Lipinski definition) is 4. The van der Waals surface area contributed by atoms with Gasteiger partial charge in [-0.3, -0.25) is 14.4 Å². The molecule has 6 heteroatoms. The van der Waals surface area contributed by atoms with Crippen molar-refractivity contribution in [2.24, 2.45) is 5.73 Å². The SMILES string of the molecule is CCC(C(=O)OC(C)C(=O)Nc1ccc(C(N)=O)cc1)c1ccccc1. The van der Waals surface area contributed by atoms with Crippen LogP contribution in [0.15, 0.2) is 54.6 Å². The zero-order valence-corrected chi connectivity index (χ0v) is 14.8.